The van der Waals surface area contributed by atoms with Crippen LogP contribution in [0, 0.1) is 0 Å². The topological polar surface area (TPSA) is 95.8 Å². The van der Waals surface area contributed by atoms with E-state index in [-0.39, 0.29) is 11.6 Å². The van der Waals surface area contributed by atoms with Crippen molar-refractivity contribution >= 4 is 46.5 Å². The summed E-state index contributed by atoms with van der Waals surface area (Å²) in [5, 5.41) is 0. The molecule has 1 amide bonds. The van der Waals surface area contributed by atoms with Crippen LogP contribution < -0.4 is 5.73 Å². The van der Waals surface area contributed by atoms with Crippen molar-refractivity contribution in [3.8, 4) is 0 Å². The van der Waals surface area contributed by atoms with E-state index in [4.69, 9.17) is 40.5 Å². The van der Waals surface area contributed by atoms with Crippen LogP contribution in [0.5, 0.6) is 0 Å². The third-order valence-corrected chi connectivity index (χ3v) is 2.84. The molecule has 10 heteroatoms. The Morgan fingerprint density at radius 3 is 1.71 bits per heavy atom. The number of nitrogens with two attached hydrogens (primary N) is 1. The van der Waals surface area contributed by atoms with Crippen LogP contribution in [0.2, 0.25) is 0 Å². The molecule has 2 N–H and O–H groups in total. The number of halogens is 3. The van der Waals surface area contributed by atoms with Crippen molar-refractivity contribution in [2.45, 2.75) is 3.79 Å². The van der Waals surface area contributed by atoms with Gasteiger partial charge in [-0.15, -0.1) is 0 Å². The summed E-state index contributed by atoms with van der Waals surface area (Å²) in [6.45, 7) is 0. The number of carbonyl (C=O) groups excluding carboxylic acids is 2. The number of carbonyl (C=O) groups is 2. The van der Waals surface area contributed by atoms with Gasteiger partial charge in [0, 0.05) is 38.9 Å². The number of aryl methyl sites for hydroxylation is 2. The highest BCUT2D eigenvalue weighted by atomic mass is 35.6. The van der Waals surface area contributed by atoms with Crippen LogP contribution >= 0.6 is 34.8 Å². The fourth-order valence-corrected chi connectivity index (χ4v) is 1.57. The molecule has 0 unspecified atom stereocenters. The molecule has 0 atom stereocenters. The van der Waals surface area contributed by atoms with E-state index in [2.05, 4.69) is 9.97 Å². The molecular weight excluding hydrogens is 341 g/mol. The highest BCUT2D eigenvalue weighted by molar-refractivity contribution is 6.77. The molecule has 0 radical (unpaired) electrons. The number of imidazole rings is 2. The predicted octanol–water partition coefficient (Wildman–Crippen LogP) is 1.49. The third-order valence-electron chi connectivity index (χ3n) is 2.32. The lowest BCUT2D eigenvalue weighted by atomic mass is 10.4. The number of hydrogen-bond donors (Lipinski definition) is 1. The maximum absolute atomic E-state index is 11.3. The second kappa shape index (κ2) is 6.93. The largest absolute Gasteiger partial charge is 0.363 e. The Labute approximate surface area is 135 Å². The van der Waals surface area contributed by atoms with Crippen LogP contribution in [-0.2, 0) is 14.1 Å². The number of primary amides is 1. The van der Waals surface area contributed by atoms with Crippen molar-refractivity contribution in [3.63, 3.8) is 0 Å². The standard InChI is InChI=1S/C6H5Cl3N2O.C5H7N3O/c1-11-3-2-10-5(11)4(12)6(7,8)9;1-8-3-2-7-5(8)4(6)9/h2-3H,1H3;2-3H,1H3,(H2,6,9). The Morgan fingerprint density at radius 2 is 1.48 bits per heavy atom. The molecule has 0 saturated carbocycles. The Morgan fingerprint density at radius 1 is 1.05 bits per heavy atom. The molecule has 0 aromatic carbocycles. The molecule has 114 valence electrons. The van der Waals surface area contributed by atoms with Gasteiger partial charge < -0.3 is 14.9 Å². The first kappa shape index (κ1) is 17.5. The van der Waals surface area contributed by atoms with Crippen LogP contribution in [0.3, 0.4) is 0 Å². The number of ketones is 1. The van der Waals surface area contributed by atoms with Gasteiger partial charge in [-0.05, 0) is 0 Å². The predicted molar refractivity (Wildman–Crippen MR) is 79.6 cm³/mol. The van der Waals surface area contributed by atoms with E-state index in [1.54, 1.807) is 31.1 Å². The molecule has 2 rings (SSSR count). The van der Waals surface area contributed by atoms with Gasteiger partial charge in [-0.1, -0.05) is 34.8 Å². The van der Waals surface area contributed by atoms with Crippen molar-refractivity contribution < 1.29 is 9.59 Å². The van der Waals surface area contributed by atoms with Crippen molar-refractivity contribution in [1.29, 1.82) is 0 Å². The van der Waals surface area contributed by atoms with Crippen LogP contribution in [0.25, 0.3) is 0 Å². The molecule has 7 nitrogen and oxygen atoms in total. The van der Waals surface area contributed by atoms with E-state index in [1.165, 1.54) is 17.0 Å². The summed E-state index contributed by atoms with van der Waals surface area (Å²) in [5.41, 5.74) is 4.94. The van der Waals surface area contributed by atoms with Gasteiger partial charge >= 0.3 is 0 Å². The Hall–Kier alpha value is -1.57. The molecule has 0 bridgehead atoms. The highest BCUT2D eigenvalue weighted by Crippen LogP contribution is 2.29. The molecule has 0 saturated heterocycles. The number of nitrogens with zero attached hydrogens (tertiary/aromatic N) is 4. The minimum Gasteiger partial charge on any atom is -0.363 e. The van der Waals surface area contributed by atoms with Gasteiger partial charge in [0.05, 0.1) is 0 Å². The van der Waals surface area contributed by atoms with Gasteiger partial charge in [-0.25, -0.2) is 9.97 Å². The molecule has 0 aliphatic heterocycles. The minimum absolute atomic E-state index is 0.134. The zero-order valence-corrected chi connectivity index (χ0v) is 13.4. The van der Waals surface area contributed by atoms with Gasteiger partial charge in [-0.3, -0.25) is 9.59 Å². The molecule has 0 fully saturated rings. The summed E-state index contributed by atoms with van der Waals surface area (Å²) < 4.78 is 1.13. The van der Waals surface area contributed by atoms with Crippen molar-refractivity contribution in [1.82, 2.24) is 19.1 Å². The van der Waals surface area contributed by atoms with Gasteiger partial charge in [0.25, 0.3) is 9.70 Å². The number of Topliss-reactive ketones (excluding diaryl/α,β-unsaturated/α-hetero) is 1. The first-order chi connectivity index (χ1) is 9.64. The molecule has 0 aliphatic rings. The normalized spacial score (nSPS) is 10.7. The lowest BCUT2D eigenvalue weighted by Gasteiger charge is -2.07. The van der Waals surface area contributed by atoms with E-state index >= 15 is 0 Å². The fourth-order valence-electron chi connectivity index (χ4n) is 1.31. The summed E-state index contributed by atoms with van der Waals surface area (Å²) in [6.07, 6.45) is 6.26. The second-order valence-corrected chi connectivity index (χ2v) is 6.20. The summed E-state index contributed by atoms with van der Waals surface area (Å²) in [5.74, 6) is -0.701. The molecule has 21 heavy (non-hydrogen) atoms. The van der Waals surface area contributed by atoms with Crippen molar-refractivity contribution in [2.24, 2.45) is 19.8 Å². The first-order valence-corrected chi connectivity index (χ1v) is 6.64. The Kier molecular flexibility index (Phi) is 5.77. The van der Waals surface area contributed by atoms with Gasteiger partial charge in [0.1, 0.15) is 0 Å². The van der Waals surface area contributed by atoms with Gasteiger partial charge in [0.2, 0.25) is 5.78 Å². The smallest absolute Gasteiger partial charge is 0.284 e. The molecule has 0 spiro atoms. The molecule has 2 aromatic heterocycles. The van der Waals surface area contributed by atoms with E-state index in [9.17, 15) is 9.59 Å². The summed E-state index contributed by atoms with van der Waals surface area (Å²) in [7, 11) is 3.36. The fraction of sp³-hybridized carbons (Fsp3) is 0.273. The molecular formula is C11H12Cl3N5O2. The number of aromatic nitrogens is 4. The number of rotatable bonds is 2. The Bertz CT molecular complexity index is 644. The van der Waals surface area contributed by atoms with Crippen LogP contribution in [0.15, 0.2) is 24.8 Å². The monoisotopic (exact) mass is 351 g/mol. The van der Waals surface area contributed by atoms with E-state index in [1.807, 2.05) is 0 Å². The second-order valence-electron chi connectivity index (χ2n) is 3.91. The van der Waals surface area contributed by atoms with Crippen LogP contribution in [0.1, 0.15) is 21.2 Å². The Balaban J connectivity index is 0.000000219. The SMILES string of the molecule is Cn1ccnc1C(=O)C(Cl)(Cl)Cl.Cn1ccnc1C(N)=O. The van der Waals surface area contributed by atoms with Crippen LogP contribution in [0.4, 0.5) is 0 Å². The molecule has 2 aromatic rings. The number of amides is 1. The van der Waals surface area contributed by atoms with Gasteiger partial charge in [0.15, 0.2) is 11.6 Å². The van der Waals surface area contributed by atoms with E-state index in [0.29, 0.717) is 0 Å². The number of alkyl halides is 3. The number of hydrogen-bond acceptors (Lipinski definition) is 4. The van der Waals surface area contributed by atoms with E-state index in [0.717, 1.165) is 0 Å². The third kappa shape index (κ3) is 4.73. The average Bonchev–Trinajstić information content (AvgIpc) is 2.96. The van der Waals surface area contributed by atoms with E-state index < -0.39 is 15.5 Å². The van der Waals surface area contributed by atoms with Gasteiger partial charge in [-0.2, -0.15) is 0 Å². The zero-order valence-electron chi connectivity index (χ0n) is 11.1. The van der Waals surface area contributed by atoms with Crippen molar-refractivity contribution in [3.05, 3.63) is 36.4 Å². The zero-order chi connectivity index (χ0) is 16.2. The average molecular weight is 353 g/mol. The quantitative estimate of drug-likeness (QED) is 0.654. The van der Waals surface area contributed by atoms with Crippen molar-refractivity contribution in [2.75, 3.05) is 0 Å². The summed E-state index contributed by atoms with van der Waals surface area (Å²) in [4.78, 5) is 29.1. The minimum atomic E-state index is -1.93. The highest BCUT2D eigenvalue weighted by Gasteiger charge is 2.34. The van der Waals surface area contributed by atoms with Crippen LogP contribution in [-0.4, -0.2) is 34.6 Å². The summed E-state index contributed by atoms with van der Waals surface area (Å²) >= 11 is 16.1. The molecule has 2 heterocycles. The lowest BCUT2D eigenvalue weighted by molar-refractivity contribution is 0.0977. The summed E-state index contributed by atoms with van der Waals surface area (Å²) in [6, 6.07) is 0. The lowest BCUT2D eigenvalue weighted by Crippen LogP contribution is -2.22. The maximum Gasteiger partial charge on any atom is 0.284 e. The first-order valence-electron chi connectivity index (χ1n) is 5.50. The molecule has 0 aliphatic carbocycles. The maximum atomic E-state index is 11.3.